The molecule has 0 saturated carbocycles. The Kier molecular flexibility index (Phi) is 5.46. The molecule has 0 unspecified atom stereocenters. The van der Waals surface area contributed by atoms with Gasteiger partial charge in [-0.05, 0) is 36.5 Å². The molecule has 2 N–H and O–H groups in total. The fourth-order valence-electron chi connectivity index (χ4n) is 1.79. The van der Waals surface area contributed by atoms with Crippen molar-refractivity contribution >= 4 is 21.4 Å². The van der Waals surface area contributed by atoms with Gasteiger partial charge in [-0.2, -0.15) is 0 Å². The van der Waals surface area contributed by atoms with E-state index in [-0.39, 0.29) is 6.54 Å². The number of thiophene rings is 1. The molecule has 0 aliphatic carbocycles. The van der Waals surface area contributed by atoms with E-state index in [0.29, 0.717) is 11.4 Å². The van der Waals surface area contributed by atoms with E-state index in [1.807, 2.05) is 26.0 Å². The van der Waals surface area contributed by atoms with Gasteiger partial charge in [0.15, 0.2) is 0 Å². The summed E-state index contributed by atoms with van der Waals surface area (Å²) in [7, 11) is -3.49. The summed E-state index contributed by atoms with van der Waals surface area (Å²) < 4.78 is 27.4. The van der Waals surface area contributed by atoms with E-state index in [0.717, 1.165) is 22.7 Å². The molecule has 7 heteroatoms. The number of aryl methyl sites for hydroxylation is 1. The quantitative estimate of drug-likeness (QED) is 0.817. The first-order valence-corrected chi connectivity index (χ1v) is 9.07. The van der Waals surface area contributed by atoms with Gasteiger partial charge < -0.3 is 5.32 Å². The third kappa shape index (κ3) is 4.34. The zero-order valence-electron chi connectivity index (χ0n) is 12.1. The van der Waals surface area contributed by atoms with Crippen molar-refractivity contribution in [2.24, 2.45) is 0 Å². The summed E-state index contributed by atoms with van der Waals surface area (Å²) in [5, 5.41) is 4.95. The van der Waals surface area contributed by atoms with E-state index in [1.54, 1.807) is 17.6 Å². The second kappa shape index (κ2) is 7.13. The van der Waals surface area contributed by atoms with Crippen LogP contribution in [0.15, 0.2) is 34.7 Å². The molecule has 0 aromatic carbocycles. The number of sulfonamides is 1. The van der Waals surface area contributed by atoms with Gasteiger partial charge in [0.1, 0.15) is 0 Å². The monoisotopic (exact) mass is 325 g/mol. The van der Waals surface area contributed by atoms with E-state index in [9.17, 15) is 8.42 Å². The molecule has 0 atom stereocenters. The number of rotatable bonds is 7. The minimum Gasteiger partial charge on any atom is -0.312 e. The highest BCUT2D eigenvalue weighted by molar-refractivity contribution is 7.89. The summed E-state index contributed by atoms with van der Waals surface area (Å²) in [6.45, 7) is 5.50. The minimum atomic E-state index is -3.49. The molecule has 21 heavy (non-hydrogen) atoms. The van der Waals surface area contributed by atoms with Crippen LogP contribution in [-0.2, 0) is 23.1 Å². The third-order valence-electron chi connectivity index (χ3n) is 2.97. The zero-order valence-corrected chi connectivity index (χ0v) is 13.7. The molecule has 0 saturated heterocycles. The molecule has 2 aromatic heterocycles. The summed E-state index contributed by atoms with van der Waals surface area (Å²) in [6, 6.07) is 5.38. The number of hydrogen-bond donors (Lipinski definition) is 2. The topological polar surface area (TPSA) is 71.1 Å². The molecule has 5 nitrogen and oxygen atoms in total. The fourth-order valence-corrected chi connectivity index (χ4v) is 4.22. The molecule has 2 aromatic rings. The minimum absolute atomic E-state index is 0.242. The third-order valence-corrected chi connectivity index (χ3v) is 5.50. The standard InChI is InChI=1S/C14H19N3O2S2/c1-3-15-10-13-14(6-7-20-13)21(18,19)17-9-12-5-4-11(2)16-8-12/h4-8,15,17H,3,9-10H2,1-2H3. The first kappa shape index (κ1) is 16.1. The van der Waals surface area contributed by atoms with Crippen LogP contribution in [0.1, 0.15) is 23.1 Å². The zero-order chi connectivity index (χ0) is 15.3. The van der Waals surface area contributed by atoms with Gasteiger partial charge in [-0.25, -0.2) is 13.1 Å². The second-order valence-electron chi connectivity index (χ2n) is 4.62. The first-order valence-electron chi connectivity index (χ1n) is 6.71. The summed E-state index contributed by atoms with van der Waals surface area (Å²) in [6.07, 6.45) is 1.69. The molecule has 114 valence electrons. The summed E-state index contributed by atoms with van der Waals surface area (Å²) in [5.41, 5.74) is 1.75. The Hall–Kier alpha value is -1.28. The highest BCUT2D eigenvalue weighted by atomic mass is 32.2. The van der Waals surface area contributed by atoms with Gasteiger partial charge >= 0.3 is 0 Å². The summed E-state index contributed by atoms with van der Waals surface area (Å²) in [4.78, 5) is 5.34. The van der Waals surface area contributed by atoms with E-state index >= 15 is 0 Å². The fraction of sp³-hybridized carbons (Fsp3) is 0.357. The van der Waals surface area contributed by atoms with Crippen LogP contribution in [0.3, 0.4) is 0 Å². The van der Waals surface area contributed by atoms with Crippen molar-refractivity contribution in [3.8, 4) is 0 Å². The number of aromatic nitrogens is 1. The largest absolute Gasteiger partial charge is 0.312 e. The van der Waals surface area contributed by atoms with Crippen molar-refractivity contribution in [3.05, 3.63) is 45.9 Å². The predicted molar refractivity (Wildman–Crippen MR) is 84.7 cm³/mol. The summed E-state index contributed by atoms with van der Waals surface area (Å²) >= 11 is 1.45. The number of nitrogens with one attached hydrogen (secondary N) is 2. The summed E-state index contributed by atoms with van der Waals surface area (Å²) in [5.74, 6) is 0. The Morgan fingerprint density at radius 3 is 2.71 bits per heavy atom. The van der Waals surface area contributed by atoms with E-state index in [4.69, 9.17) is 0 Å². The molecule has 0 spiro atoms. The van der Waals surface area contributed by atoms with Crippen molar-refractivity contribution in [3.63, 3.8) is 0 Å². The number of nitrogens with zero attached hydrogens (tertiary/aromatic N) is 1. The molecule has 0 aliphatic heterocycles. The van der Waals surface area contributed by atoms with E-state index < -0.39 is 10.0 Å². The second-order valence-corrected chi connectivity index (χ2v) is 7.36. The van der Waals surface area contributed by atoms with Crippen LogP contribution in [0.4, 0.5) is 0 Å². The van der Waals surface area contributed by atoms with Crippen molar-refractivity contribution in [1.82, 2.24) is 15.0 Å². The van der Waals surface area contributed by atoms with Gasteiger partial charge in [-0.15, -0.1) is 11.3 Å². The SMILES string of the molecule is CCNCc1sccc1S(=O)(=O)NCc1ccc(C)nc1. The maximum absolute atomic E-state index is 12.4. The Balaban J connectivity index is 2.08. The normalized spacial score (nSPS) is 11.7. The van der Waals surface area contributed by atoms with Gasteiger partial charge in [0.25, 0.3) is 0 Å². The van der Waals surface area contributed by atoms with Gasteiger partial charge in [-0.1, -0.05) is 13.0 Å². The molecule has 0 bridgehead atoms. The predicted octanol–water partition coefficient (Wildman–Crippen LogP) is 2.04. The molecule has 2 heterocycles. The van der Waals surface area contributed by atoms with E-state index in [1.165, 1.54) is 11.3 Å². The Bertz CT molecular complexity index is 678. The lowest BCUT2D eigenvalue weighted by Gasteiger charge is -2.08. The molecular weight excluding hydrogens is 306 g/mol. The van der Waals surface area contributed by atoms with Crippen molar-refractivity contribution < 1.29 is 8.42 Å². The Labute approximate surface area is 129 Å². The first-order chi connectivity index (χ1) is 10.0. The van der Waals surface area contributed by atoms with Gasteiger partial charge in [0.2, 0.25) is 10.0 Å². The molecule has 0 amide bonds. The average molecular weight is 325 g/mol. The lowest BCUT2D eigenvalue weighted by Crippen LogP contribution is -2.24. The number of pyridine rings is 1. The molecule has 0 radical (unpaired) electrons. The van der Waals surface area contributed by atoms with Crippen LogP contribution >= 0.6 is 11.3 Å². The van der Waals surface area contributed by atoms with E-state index in [2.05, 4.69) is 15.0 Å². The van der Waals surface area contributed by atoms with Gasteiger partial charge in [0, 0.05) is 29.9 Å². The molecule has 2 rings (SSSR count). The Morgan fingerprint density at radius 2 is 2.05 bits per heavy atom. The highest BCUT2D eigenvalue weighted by Crippen LogP contribution is 2.21. The van der Waals surface area contributed by atoms with Crippen LogP contribution in [0, 0.1) is 6.92 Å². The van der Waals surface area contributed by atoms with Crippen LogP contribution in [0.2, 0.25) is 0 Å². The lowest BCUT2D eigenvalue weighted by molar-refractivity contribution is 0.579. The molecular formula is C14H19N3O2S2. The number of hydrogen-bond acceptors (Lipinski definition) is 5. The average Bonchev–Trinajstić information content (AvgIpc) is 2.94. The van der Waals surface area contributed by atoms with Crippen molar-refractivity contribution in [1.29, 1.82) is 0 Å². The maximum atomic E-state index is 12.4. The van der Waals surface area contributed by atoms with Crippen LogP contribution in [-0.4, -0.2) is 19.9 Å². The van der Waals surface area contributed by atoms with Gasteiger partial charge in [0.05, 0.1) is 4.90 Å². The van der Waals surface area contributed by atoms with Crippen molar-refractivity contribution in [2.45, 2.75) is 31.8 Å². The molecule has 0 fully saturated rings. The maximum Gasteiger partial charge on any atom is 0.242 e. The van der Waals surface area contributed by atoms with Crippen LogP contribution in [0.5, 0.6) is 0 Å². The van der Waals surface area contributed by atoms with Crippen LogP contribution < -0.4 is 10.0 Å². The molecule has 0 aliphatic rings. The smallest absolute Gasteiger partial charge is 0.242 e. The lowest BCUT2D eigenvalue weighted by atomic mass is 10.2. The van der Waals surface area contributed by atoms with Crippen LogP contribution in [0.25, 0.3) is 0 Å². The van der Waals surface area contributed by atoms with Crippen molar-refractivity contribution in [2.75, 3.05) is 6.54 Å². The van der Waals surface area contributed by atoms with Gasteiger partial charge in [-0.3, -0.25) is 4.98 Å². The Morgan fingerprint density at radius 1 is 1.24 bits per heavy atom. The highest BCUT2D eigenvalue weighted by Gasteiger charge is 2.19.